The molecular weight excluding hydrogens is 220 g/mol. The van der Waals surface area contributed by atoms with Crippen LogP contribution in [0.1, 0.15) is 19.4 Å². The largest absolute Gasteiger partial charge is 0.445 e. The summed E-state index contributed by atoms with van der Waals surface area (Å²) >= 11 is 0. The second kappa shape index (κ2) is 6.62. The lowest BCUT2D eigenvalue weighted by Crippen LogP contribution is -2.39. The number of alkyl carbamates (subject to hydrolysis) is 1. The molecule has 1 amide bonds. The van der Waals surface area contributed by atoms with E-state index in [1.807, 2.05) is 13.8 Å². The van der Waals surface area contributed by atoms with Gasteiger partial charge in [-0.25, -0.2) is 4.79 Å². The summed E-state index contributed by atoms with van der Waals surface area (Å²) in [5, 5.41) is 2.43. The lowest BCUT2D eigenvalue weighted by Gasteiger charge is -2.15. The number of nitrogens with one attached hydrogen (secondary N) is 1. The second-order valence-electron chi connectivity index (χ2n) is 3.92. The van der Waals surface area contributed by atoms with Gasteiger partial charge in [-0.05, 0) is 12.0 Å². The molecule has 1 radical (unpaired) electrons. The van der Waals surface area contributed by atoms with Gasteiger partial charge in [0.15, 0.2) is 0 Å². The van der Waals surface area contributed by atoms with Crippen molar-refractivity contribution in [3.05, 3.63) is 30.1 Å². The molecule has 1 heterocycles. The van der Waals surface area contributed by atoms with Crippen LogP contribution in [0.15, 0.2) is 24.5 Å². The molecule has 0 spiro atoms. The number of hydrogen-bond donors (Lipinski definition) is 1. The molecule has 0 bridgehead atoms. The van der Waals surface area contributed by atoms with E-state index in [1.54, 1.807) is 30.8 Å². The summed E-state index contributed by atoms with van der Waals surface area (Å²) in [6, 6.07) is 2.91. The highest BCUT2D eigenvalue weighted by atomic mass is 16.5. The van der Waals surface area contributed by atoms with Crippen molar-refractivity contribution in [3.63, 3.8) is 0 Å². The Hall–Kier alpha value is -1.91. The molecule has 1 aromatic rings. The van der Waals surface area contributed by atoms with Crippen LogP contribution in [0.5, 0.6) is 0 Å². The summed E-state index contributed by atoms with van der Waals surface area (Å²) in [4.78, 5) is 25.8. The van der Waals surface area contributed by atoms with E-state index < -0.39 is 12.1 Å². The average molecular weight is 235 g/mol. The van der Waals surface area contributed by atoms with Crippen LogP contribution in [0.25, 0.3) is 0 Å². The first kappa shape index (κ1) is 13.2. The quantitative estimate of drug-likeness (QED) is 0.838. The van der Waals surface area contributed by atoms with Crippen LogP contribution in [-0.2, 0) is 16.1 Å². The van der Waals surface area contributed by atoms with Gasteiger partial charge >= 0.3 is 6.09 Å². The number of carbonyl (C=O) groups excluding carboxylic acids is 2. The van der Waals surface area contributed by atoms with Gasteiger partial charge in [-0.2, -0.15) is 0 Å². The monoisotopic (exact) mass is 235 g/mol. The minimum absolute atomic E-state index is 0.0153. The molecule has 91 valence electrons. The molecule has 1 rings (SSSR count). The van der Waals surface area contributed by atoms with E-state index in [9.17, 15) is 9.59 Å². The summed E-state index contributed by atoms with van der Waals surface area (Å²) in [6.45, 7) is 3.76. The molecule has 1 N–H and O–H groups in total. The number of aromatic nitrogens is 1. The fraction of sp³-hybridized carbons (Fsp3) is 0.417. The highest BCUT2D eigenvalue weighted by Crippen LogP contribution is 2.01. The number of amides is 1. The second-order valence-corrected chi connectivity index (χ2v) is 3.92. The van der Waals surface area contributed by atoms with Crippen LogP contribution in [-0.4, -0.2) is 23.4 Å². The van der Waals surface area contributed by atoms with Gasteiger partial charge in [0, 0.05) is 18.0 Å². The maximum atomic E-state index is 11.4. The van der Waals surface area contributed by atoms with E-state index in [-0.39, 0.29) is 12.5 Å². The Morgan fingerprint density at radius 2 is 2.35 bits per heavy atom. The van der Waals surface area contributed by atoms with Crippen LogP contribution >= 0.6 is 0 Å². The third-order valence-electron chi connectivity index (χ3n) is 2.16. The van der Waals surface area contributed by atoms with Gasteiger partial charge in [0.25, 0.3) is 0 Å². The van der Waals surface area contributed by atoms with Gasteiger partial charge < -0.3 is 10.1 Å². The molecule has 1 aromatic heterocycles. The molecule has 0 fully saturated rings. The van der Waals surface area contributed by atoms with E-state index in [0.717, 1.165) is 5.56 Å². The Bertz CT molecular complexity index is 365. The van der Waals surface area contributed by atoms with Crippen LogP contribution in [0.2, 0.25) is 0 Å². The van der Waals surface area contributed by atoms with Crippen molar-refractivity contribution in [1.82, 2.24) is 10.3 Å². The number of nitrogens with zero attached hydrogens (tertiary/aromatic N) is 1. The van der Waals surface area contributed by atoms with Crippen molar-refractivity contribution >= 4 is 12.4 Å². The predicted octanol–water partition coefficient (Wildman–Crippen LogP) is 1.44. The Labute approximate surface area is 100 Å². The molecule has 0 aliphatic carbocycles. The third kappa shape index (κ3) is 4.63. The van der Waals surface area contributed by atoms with E-state index >= 15 is 0 Å². The Kier molecular flexibility index (Phi) is 5.13. The Morgan fingerprint density at radius 3 is 2.88 bits per heavy atom. The number of carbonyl (C=O) groups is 1. The van der Waals surface area contributed by atoms with E-state index in [1.165, 1.54) is 0 Å². The minimum atomic E-state index is -0.642. The maximum absolute atomic E-state index is 11.4. The fourth-order valence-electron chi connectivity index (χ4n) is 1.13. The molecule has 0 saturated heterocycles. The van der Waals surface area contributed by atoms with Gasteiger partial charge in [-0.15, -0.1) is 0 Å². The summed E-state index contributed by atoms with van der Waals surface area (Å²) < 4.78 is 4.94. The molecule has 17 heavy (non-hydrogen) atoms. The maximum Gasteiger partial charge on any atom is 0.408 e. The van der Waals surface area contributed by atoms with Gasteiger partial charge in [0.2, 0.25) is 6.29 Å². The lowest BCUT2D eigenvalue weighted by molar-refractivity contribution is 0.136. The highest BCUT2D eigenvalue weighted by molar-refractivity contribution is 5.73. The molecule has 5 heteroatoms. The first-order valence-electron chi connectivity index (χ1n) is 5.33. The van der Waals surface area contributed by atoms with Crippen molar-refractivity contribution in [2.24, 2.45) is 5.92 Å². The Morgan fingerprint density at radius 1 is 1.59 bits per heavy atom. The molecule has 1 unspecified atom stereocenters. The number of hydrogen-bond acceptors (Lipinski definition) is 4. The van der Waals surface area contributed by atoms with Crippen LogP contribution < -0.4 is 5.32 Å². The van der Waals surface area contributed by atoms with E-state index in [4.69, 9.17) is 4.74 Å². The van der Waals surface area contributed by atoms with Crippen LogP contribution in [0, 0.1) is 5.92 Å². The zero-order chi connectivity index (χ0) is 12.7. The van der Waals surface area contributed by atoms with E-state index in [0.29, 0.717) is 0 Å². The van der Waals surface area contributed by atoms with E-state index in [2.05, 4.69) is 10.3 Å². The van der Waals surface area contributed by atoms with Crippen molar-refractivity contribution < 1.29 is 14.3 Å². The first-order chi connectivity index (χ1) is 8.13. The summed E-state index contributed by atoms with van der Waals surface area (Å²) in [6.07, 6.45) is 4.38. The fourth-order valence-corrected chi connectivity index (χ4v) is 1.13. The normalized spacial score (nSPS) is 11.9. The minimum Gasteiger partial charge on any atom is -0.445 e. The van der Waals surface area contributed by atoms with Crippen molar-refractivity contribution in [3.8, 4) is 0 Å². The topological polar surface area (TPSA) is 68.3 Å². The predicted molar refractivity (Wildman–Crippen MR) is 61.9 cm³/mol. The average Bonchev–Trinajstić information content (AvgIpc) is 2.34. The zero-order valence-corrected chi connectivity index (χ0v) is 9.84. The standard InChI is InChI=1S/C12H15N2O3/c1-9(2)11(7-15)14-12(16)17-8-10-4-3-5-13-6-10/h3-6,9,11H,8H2,1-2H3,(H,14,16). The SMILES string of the molecule is CC(C)C([C]=O)NC(=O)OCc1cccnc1. The van der Waals surface area contributed by atoms with Gasteiger partial charge in [-0.3, -0.25) is 9.78 Å². The van der Waals surface area contributed by atoms with Gasteiger partial charge in [0.1, 0.15) is 12.6 Å². The highest BCUT2D eigenvalue weighted by Gasteiger charge is 2.16. The van der Waals surface area contributed by atoms with Crippen molar-refractivity contribution in [2.75, 3.05) is 0 Å². The third-order valence-corrected chi connectivity index (χ3v) is 2.16. The molecule has 0 aromatic carbocycles. The summed E-state index contributed by atoms with van der Waals surface area (Å²) in [5.41, 5.74) is 0.791. The number of pyridine rings is 1. The number of rotatable bonds is 5. The lowest BCUT2D eigenvalue weighted by atomic mass is 10.1. The first-order valence-corrected chi connectivity index (χ1v) is 5.33. The number of ether oxygens (including phenoxy) is 1. The van der Waals surface area contributed by atoms with Crippen molar-refractivity contribution in [1.29, 1.82) is 0 Å². The molecule has 1 atom stereocenters. The molecular formula is C12H15N2O3. The molecule has 0 aliphatic heterocycles. The molecule has 5 nitrogen and oxygen atoms in total. The molecule has 0 saturated carbocycles. The van der Waals surface area contributed by atoms with Crippen molar-refractivity contribution in [2.45, 2.75) is 26.5 Å². The van der Waals surface area contributed by atoms with Gasteiger partial charge in [0.05, 0.1) is 0 Å². The smallest absolute Gasteiger partial charge is 0.408 e. The van der Waals surface area contributed by atoms with Gasteiger partial charge in [-0.1, -0.05) is 19.9 Å². The Balaban J connectivity index is 2.37. The molecule has 0 aliphatic rings. The zero-order valence-electron chi connectivity index (χ0n) is 9.84. The summed E-state index contributed by atoms with van der Waals surface area (Å²) in [5.74, 6) is -0.0153. The van der Waals surface area contributed by atoms with Crippen LogP contribution in [0.4, 0.5) is 4.79 Å². The van der Waals surface area contributed by atoms with Crippen LogP contribution in [0.3, 0.4) is 0 Å². The summed E-state index contributed by atoms with van der Waals surface area (Å²) in [7, 11) is 0.